The van der Waals surface area contributed by atoms with Gasteiger partial charge in [0, 0.05) is 27.5 Å². The van der Waals surface area contributed by atoms with Crippen LogP contribution in [-0.2, 0) is 0 Å². The predicted molar refractivity (Wildman–Crippen MR) is 106 cm³/mol. The summed E-state index contributed by atoms with van der Waals surface area (Å²) in [6.45, 7) is 0. The molecule has 1 N–H and O–H groups in total. The van der Waals surface area contributed by atoms with Crippen LogP contribution in [0.25, 0.3) is 10.4 Å². The molecule has 0 atom stereocenters. The molecule has 1 aromatic heterocycles. The molecule has 0 aliphatic carbocycles. The minimum Gasteiger partial charge on any atom is -0.477 e. The molecular formula is C19H13Cl2NO3S. The molecular weight excluding hydrogens is 393 g/mol. The highest BCUT2D eigenvalue weighted by molar-refractivity contribution is 7.18. The van der Waals surface area contributed by atoms with Crippen molar-refractivity contribution in [2.45, 2.75) is 0 Å². The van der Waals surface area contributed by atoms with Crippen LogP contribution >= 0.6 is 34.5 Å². The van der Waals surface area contributed by atoms with Gasteiger partial charge in [0.1, 0.15) is 4.88 Å². The van der Waals surface area contributed by atoms with Gasteiger partial charge in [-0.25, -0.2) is 4.79 Å². The fraction of sp³-hybridized carbons (Fsp3) is 0.0526. The van der Waals surface area contributed by atoms with Crippen LogP contribution in [0.15, 0.2) is 54.6 Å². The highest BCUT2D eigenvalue weighted by Gasteiger charge is 2.24. The van der Waals surface area contributed by atoms with Gasteiger partial charge >= 0.3 is 5.97 Å². The van der Waals surface area contributed by atoms with Gasteiger partial charge in [0.05, 0.1) is 5.69 Å². The number of rotatable bonds is 4. The number of carbonyl (C=O) groups excluding carboxylic acids is 1. The Morgan fingerprint density at radius 1 is 1.00 bits per heavy atom. The van der Waals surface area contributed by atoms with E-state index in [4.69, 9.17) is 23.2 Å². The third-order valence-electron chi connectivity index (χ3n) is 3.74. The highest BCUT2D eigenvalue weighted by atomic mass is 35.5. The third kappa shape index (κ3) is 3.75. The van der Waals surface area contributed by atoms with Crippen LogP contribution < -0.4 is 4.90 Å². The average molecular weight is 406 g/mol. The number of hydrogen-bond donors (Lipinski definition) is 1. The molecule has 0 aliphatic rings. The van der Waals surface area contributed by atoms with E-state index in [9.17, 15) is 14.7 Å². The third-order valence-corrected chi connectivity index (χ3v) is 5.34. The standard InChI is InChI=1S/C19H13Cl2NO3S/c1-22(18(23)12-7-13(20)9-14(21)8-12)15-10-16(26-17(15)19(24)25)11-5-3-2-4-6-11/h2-10H,1H3,(H,24,25). The fourth-order valence-electron chi connectivity index (χ4n) is 2.51. The number of halogens is 2. The molecule has 0 fully saturated rings. The molecule has 0 bridgehead atoms. The van der Waals surface area contributed by atoms with Crippen LogP contribution in [-0.4, -0.2) is 24.0 Å². The Morgan fingerprint density at radius 2 is 1.62 bits per heavy atom. The second-order valence-electron chi connectivity index (χ2n) is 5.52. The maximum Gasteiger partial charge on any atom is 0.348 e. The van der Waals surface area contributed by atoms with E-state index in [0.29, 0.717) is 15.7 Å². The number of hydrogen-bond acceptors (Lipinski definition) is 3. The molecule has 3 aromatic rings. The van der Waals surface area contributed by atoms with Crippen LogP contribution in [0.1, 0.15) is 20.0 Å². The van der Waals surface area contributed by atoms with Crippen molar-refractivity contribution in [3.05, 3.63) is 75.1 Å². The second kappa shape index (κ2) is 7.50. The summed E-state index contributed by atoms with van der Waals surface area (Å²) in [5, 5.41) is 10.2. The lowest BCUT2D eigenvalue weighted by molar-refractivity contribution is 0.0703. The van der Waals surface area contributed by atoms with Crippen LogP contribution in [0, 0.1) is 0 Å². The van der Waals surface area contributed by atoms with Crippen molar-refractivity contribution >= 4 is 52.1 Å². The number of carbonyl (C=O) groups is 2. The van der Waals surface area contributed by atoms with Gasteiger partial charge in [-0.15, -0.1) is 11.3 Å². The molecule has 3 rings (SSSR count). The van der Waals surface area contributed by atoms with Crippen LogP contribution in [0.5, 0.6) is 0 Å². The summed E-state index contributed by atoms with van der Waals surface area (Å²) in [7, 11) is 1.53. The summed E-state index contributed by atoms with van der Waals surface area (Å²) in [6, 6.07) is 15.6. The summed E-state index contributed by atoms with van der Waals surface area (Å²) in [4.78, 5) is 26.6. The topological polar surface area (TPSA) is 57.6 Å². The lowest BCUT2D eigenvalue weighted by Crippen LogP contribution is -2.27. The lowest BCUT2D eigenvalue weighted by atomic mass is 10.1. The smallest absolute Gasteiger partial charge is 0.348 e. The Hall–Kier alpha value is -2.34. The summed E-state index contributed by atoms with van der Waals surface area (Å²) >= 11 is 13.0. The molecule has 0 spiro atoms. The number of carboxylic acids is 1. The minimum absolute atomic E-state index is 0.0906. The summed E-state index contributed by atoms with van der Waals surface area (Å²) < 4.78 is 0. The molecule has 0 unspecified atom stereocenters. The largest absolute Gasteiger partial charge is 0.477 e. The van der Waals surface area contributed by atoms with Crippen molar-refractivity contribution in [3.63, 3.8) is 0 Å². The van der Waals surface area contributed by atoms with Gasteiger partial charge in [0.15, 0.2) is 0 Å². The van der Waals surface area contributed by atoms with E-state index in [1.165, 1.54) is 30.1 Å². The predicted octanol–water partition coefficient (Wildman–Crippen LogP) is 5.70. The first kappa shape index (κ1) is 18.5. The highest BCUT2D eigenvalue weighted by Crippen LogP contribution is 2.37. The van der Waals surface area contributed by atoms with E-state index in [1.54, 1.807) is 6.07 Å². The monoisotopic (exact) mass is 405 g/mol. The Labute approximate surface area is 164 Å². The first-order valence-corrected chi connectivity index (χ1v) is 9.11. The Morgan fingerprint density at radius 3 is 2.19 bits per heavy atom. The van der Waals surface area contributed by atoms with Gasteiger partial charge in [-0.3, -0.25) is 4.79 Å². The number of aromatic carboxylic acids is 1. The minimum atomic E-state index is -1.09. The van der Waals surface area contributed by atoms with Crippen molar-refractivity contribution in [1.29, 1.82) is 0 Å². The lowest BCUT2D eigenvalue weighted by Gasteiger charge is -2.17. The van der Waals surface area contributed by atoms with E-state index in [-0.39, 0.29) is 10.4 Å². The SMILES string of the molecule is CN(C(=O)c1cc(Cl)cc(Cl)c1)c1cc(-c2ccccc2)sc1C(=O)O. The van der Waals surface area contributed by atoms with E-state index < -0.39 is 11.9 Å². The number of benzene rings is 2. The molecule has 7 heteroatoms. The first-order chi connectivity index (χ1) is 12.4. The number of anilines is 1. The van der Waals surface area contributed by atoms with Crippen molar-refractivity contribution in [2.75, 3.05) is 11.9 Å². The molecule has 0 saturated heterocycles. The van der Waals surface area contributed by atoms with Crippen LogP contribution in [0.4, 0.5) is 5.69 Å². The molecule has 2 aromatic carbocycles. The average Bonchev–Trinajstić information content (AvgIpc) is 3.06. The quantitative estimate of drug-likeness (QED) is 0.605. The van der Waals surface area contributed by atoms with Gasteiger partial charge in [0.25, 0.3) is 5.91 Å². The molecule has 4 nitrogen and oxygen atoms in total. The normalized spacial score (nSPS) is 10.6. The van der Waals surface area contributed by atoms with Gasteiger partial charge < -0.3 is 10.0 Å². The van der Waals surface area contributed by atoms with Crippen molar-refractivity contribution in [3.8, 4) is 10.4 Å². The van der Waals surface area contributed by atoms with Crippen molar-refractivity contribution in [2.24, 2.45) is 0 Å². The zero-order valence-corrected chi connectivity index (χ0v) is 15.9. The van der Waals surface area contributed by atoms with Crippen molar-refractivity contribution < 1.29 is 14.7 Å². The zero-order chi connectivity index (χ0) is 18.8. The van der Waals surface area contributed by atoms with E-state index in [2.05, 4.69) is 0 Å². The molecule has 132 valence electrons. The molecule has 0 saturated carbocycles. The van der Waals surface area contributed by atoms with Gasteiger partial charge in [-0.2, -0.15) is 0 Å². The molecule has 0 aliphatic heterocycles. The zero-order valence-electron chi connectivity index (χ0n) is 13.6. The van der Waals surface area contributed by atoms with Gasteiger partial charge in [-0.05, 0) is 29.8 Å². The van der Waals surface area contributed by atoms with E-state index >= 15 is 0 Å². The summed E-state index contributed by atoms with van der Waals surface area (Å²) in [5.41, 5.74) is 1.49. The molecule has 1 amide bonds. The second-order valence-corrected chi connectivity index (χ2v) is 7.44. The van der Waals surface area contributed by atoms with E-state index in [0.717, 1.165) is 21.8 Å². The maximum absolute atomic E-state index is 12.8. The number of amides is 1. The Balaban J connectivity index is 2.03. The van der Waals surface area contributed by atoms with Gasteiger partial charge in [-0.1, -0.05) is 53.5 Å². The maximum atomic E-state index is 12.8. The van der Waals surface area contributed by atoms with Crippen LogP contribution in [0.2, 0.25) is 10.0 Å². The Kier molecular flexibility index (Phi) is 5.32. The molecule has 0 radical (unpaired) electrons. The van der Waals surface area contributed by atoms with Crippen LogP contribution in [0.3, 0.4) is 0 Å². The summed E-state index contributed by atoms with van der Waals surface area (Å²) in [5.74, 6) is -1.48. The molecule has 1 heterocycles. The van der Waals surface area contributed by atoms with Gasteiger partial charge in [0.2, 0.25) is 0 Å². The molecule has 26 heavy (non-hydrogen) atoms. The number of nitrogens with zero attached hydrogens (tertiary/aromatic N) is 1. The summed E-state index contributed by atoms with van der Waals surface area (Å²) in [6.07, 6.45) is 0. The van der Waals surface area contributed by atoms with E-state index in [1.807, 2.05) is 30.3 Å². The number of carboxylic acid groups (broad SMARTS) is 1. The van der Waals surface area contributed by atoms with Crippen molar-refractivity contribution in [1.82, 2.24) is 0 Å². The fourth-order valence-corrected chi connectivity index (χ4v) is 4.07. The first-order valence-electron chi connectivity index (χ1n) is 7.53. The number of thiophene rings is 1. The Bertz CT molecular complexity index is 965.